The molecule has 0 saturated carbocycles. The summed E-state index contributed by atoms with van der Waals surface area (Å²) in [5.74, 6) is 0.605. The van der Waals surface area contributed by atoms with Gasteiger partial charge in [0.25, 0.3) is 5.69 Å². The molecule has 0 radical (unpaired) electrons. The van der Waals surface area contributed by atoms with Crippen molar-refractivity contribution in [3.8, 4) is 5.88 Å². The first kappa shape index (κ1) is 16.6. The number of non-ortho nitro benzene ring substituents is 1. The molecule has 1 unspecified atom stereocenters. The number of fused-ring (bicyclic) bond motifs is 1. The second kappa shape index (κ2) is 6.44. The number of nitro benzene ring substituents is 1. The van der Waals surface area contributed by atoms with Crippen LogP contribution in [-0.2, 0) is 0 Å². The van der Waals surface area contributed by atoms with E-state index in [1.165, 1.54) is 12.1 Å². The maximum atomic E-state index is 11.8. The van der Waals surface area contributed by atoms with Crippen molar-refractivity contribution >= 4 is 34.4 Å². The van der Waals surface area contributed by atoms with E-state index in [2.05, 4.69) is 4.98 Å². The van der Waals surface area contributed by atoms with Crippen LogP contribution in [0.5, 0.6) is 5.88 Å². The van der Waals surface area contributed by atoms with E-state index in [1.807, 2.05) is 18.2 Å². The molecular formula is C18H11ClN2O4S. The van der Waals surface area contributed by atoms with E-state index in [-0.39, 0.29) is 16.5 Å². The van der Waals surface area contributed by atoms with Crippen LogP contribution in [0.2, 0.25) is 5.02 Å². The van der Waals surface area contributed by atoms with Crippen molar-refractivity contribution in [1.29, 1.82) is 0 Å². The molecule has 0 fully saturated rings. The summed E-state index contributed by atoms with van der Waals surface area (Å²) in [4.78, 5) is 25.6. The molecule has 26 heavy (non-hydrogen) atoms. The van der Waals surface area contributed by atoms with Gasteiger partial charge < -0.3 is 4.74 Å². The highest BCUT2D eigenvalue weighted by Crippen LogP contribution is 2.41. The number of aromatic amines is 1. The normalized spacial score (nSPS) is 15.7. The van der Waals surface area contributed by atoms with Crippen molar-refractivity contribution < 1.29 is 9.66 Å². The zero-order chi connectivity index (χ0) is 18.3. The van der Waals surface area contributed by atoms with Gasteiger partial charge in [-0.3, -0.25) is 19.9 Å². The molecule has 1 aromatic heterocycles. The zero-order valence-corrected chi connectivity index (χ0v) is 14.7. The molecule has 2 heterocycles. The Morgan fingerprint density at radius 2 is 1.96 bits per heavy atom. The Labute approximate surface area is 156 Å². The first-order chi connectivity index (χ1) is 12.5. The highest BCUT2D eigenvalue weighted by Gasteiger charge is 2.28. The molecule has 3 aromatic rings. The molecule has 4 rings (SSSR count). The summed E-state index contributed by atoms with van der Waals surface area (Å²) in [5, 5.41) is 11.7. The van der Waals surface area contributed by atoms with Crippen LogP contribution in [0.1, 0.15) is 21.9 Å². The second-order valence-electron chi connectivity index (χ2n) is 5.68. The molecule has 1 aliphatic heterocycles. The monoisotopic (exact) mass is 386 g/mol. The number of aromatic nitrogens is 1. The zero-order valence-electron chi connectivity index (χ0n) is 13.1. The highest BCUT2D eigenvalue weighted by molar-refractivity contribution is 7.09. The average molecular weight is 387 g/mol. The van der Waals surface area contributed by atoms with Gasteiger partial charge in [0.1, 0.15) is 5.76 Å². The molecule has 0 spiro atoms. The number of ether oxygens (including phenoxy) is 1. The number of nitrogens with zero attached hydrogens (tertiary/aromatic N) is 1. The van der Waals surface area contributed by atoms with Crippen LogP contribution in [0.15, 0.2) is 59.4 Å². The molecule has 1 aliphatic rings. The lowest BCUT2D eigenvalue weighted by Gasteiger charge is -2.21. The average Bonchev–Trinajstić information content (AvgIpc) is 3.02. The minimum atomic E-state index is -0.457. The van der Waals surface area contributed by atoms with Crippen molar-refractivity contribution in [2.75, 3.05) is 0 Å². The Morgan fingerprint density at radius 1 is 1.19 bits per heavy atom. The number of nitro groups is 1. The van der Waals surface area contributed by atoms with E-state index in [0.29, 0.717) is 22.2 Å². The van der Waals surface area contributed by atoms with Crippen molar-refractivity contribution in [1.82, 2.24) is 4.98 Å². The standard InChI is InChI=1S/C18H11ClN2O4S/c19-12-6-4-10(5-7-12)14-9-15(25-17-16(14)26-18(22)20-17)11-2-1-3-13(8-11)21(23)24/h1-9,14H,(H,20,22). The maximum absolute atomic E-state index is 11.8. The smallest absolute Gasteiger partial charge is 0.307 e. The first-order valence-corrected chi connectivity index (χ1v) is 8.83. The number of halogens is 1. The topological polar surface area (TPSA) is 85.2 Å². The van der Waals surface area contributed by atoms with Crippen molar-refractivity contribution in [3.63, 3.8) is 0 Å². The molecule has 1 atom stereocenters. The van der Waals surface area contributed by atoms with Gasteiger partial charge in [-0.15, -0.1) is 0 Å². The Hall–Kier alpha value is -2.90. The van der Waals surface area contributed by atoms with E-state index < -0.39 is 4.92 Å². The quantitative estimate of drug-likeness (QED) is 0.528. The van der Waals surface area contributed by atoms with Crippen molar-refractivity contribution in [2.24, 2.45) is 0 Å². The predicted molar refractivity (Wildman–Crippen MR) is 99.9 cm³/mol. The van der Waals surface area contributed by atoms with Crippen LogP contribution in [0.25, 0.3) is 5.76 Å². The second-order valence-corrected chi connectivity index (χ2v) is 7.13. The fourth-order valence-electron chi connectivity index (χ4n) is 2.82. The van der Waals surface area contributed by atoms with E-state index in [0.717, 1.165) is 21.8 Å². The van der Waals surface area contributed by atoms with Gasteiger partial charge in [0, 0.05) is 28.6 Å². The number of thiazole rings is 1. The Kier molecular flexibility index (Phi) is 4.10. The van der Waals surface area contributed by atoms with E-state index in [4.69, 9.17) is 16.3 Å². The molecule has 2 aromatic carbocycles. The summed E-state index contributed by atoms with van der Waals surface area (Å²) >= 11 is 7.05. The number of hydrogen-bond acceptors (Lipinski definition) is 5. The predicted octanol–water partition coefficient (Wildman–Crippen LogP) is 4.56. The van der Waals surface area contributed by atoms with Gasteiger partial charge in [-0.1, -0.05) is 47.2 Å². The third-order valence-electron chi connectivity index (χ3n) is 4.03. The fraction of sp³-hybridized carbons (Fsp3) is 0.0556. The number of benzene rings is 2. The molecule has 0 bridgehead atoms. The van der Waals surface area contributed by atoms with Crippen LogP contribution >= 0.6 is 22.9 Å². The third-order valence-corrected chi connectivity index (χ3v) is 5.22. The molecular weight excluding hydrogens is 376 g/mol. The minimum Gasteiger partial charge on any atom is -0.439 e. The summed E-state index contributed by atoms with van der Waals surface area (Å²) in [5.41, 5.74) is 1.48. The molecule has 0 saturated heterocycles. The van der Waals surface area contributed by atoms with E-state index in [1.54, 1.807) is 24.3 Å². The molecule has 0 aliphatic carbocycles. The summed E-state index contributed by atoms with van der Waals surface area (Å²) in [6, 6.07) is 13.5. The van der Waals surface area contributed by atoms with Crippen molar-refractivity contribution in [3.05, 3.63) is 95.4 Å². The molecule has 0 amide bonds. The van der Waals surface area contributed by atoms with Crippen LogP contribution in [0.4, 0.5) is 5.69 Å². The van der Waals surface area contributed by atoms with Gasteiger partial charge in [-0.05, 0) is 23.8 Å². The van der Waals surface area contributed by atoms with Gasteiger partial charge >= 0.3 is 4.87 Å². The number of allylic oxidation sites excluding steroid dienone is 1. The Balaban J connectivity index is 1.83. The lowest BCUT2D eigenvalue weighted by Crippen LogP contribution is -2.09. The molecule has 6 nitrogen and oxygen atoms in total. The van der Waals surface area contributed by atoms with Gasteiger partial charge in [0.2, 0.25) is 5.88 Å². The van der Waals surface area contributed by atoms with Gasteiger partial charge in [-0.25, -0.2) is 0 Å². The van der Waals surface area contributed by atoms with Gasteiger partial charge in [0.05, 0.1) is 9.80 Å². The molecule has 1 N–H and O–H groups in total. The minimum absolute atomic E-state index is 0.0281. The number of hydrogen-bond donors (Lipinski definition) is 1. The number of rotatable bonds is 3. The summed E-state index contributed by atoms with van der Waals surface area (Å²) in [6.45, 7) is 0. The highest BCUT2D eigenvalue weighted by atomic mass is 35.5. The fourth-order valence-corrected chi connectivity index (χ4v) is 3.81. The van der Waals surface area contributed by atoms with Crippen LogP contribution in [-0.4, -0.2) is 9.91 Å². The van der Waals surface area contributed by atoms with Crippen LogP contribution in [0.3, 0.4) is 0 Å². The summed E-state index contributed by atoms with van der Waals surface area (Å²) in [7, 11) is 0. The van der Waals surface area contributed by atoms with Crippen LogP contribution < -0.4 is 9.61 Å². The number of H-pyrrole nitrogens is 1. The number of nitrogens with one attached hydrogen (secondary N) is 1. The summed E-state index contributed by atoms with van der Waals surface area (Å²) < 4.78 is 5.82. The van der Waals surface area contributed by atoms with Crippen molar-refractivity contribution in [2.45, 2.75) is 5.92 Å². The maximum Gasteiger partial charge on any atom is 0.307 e. The Bertz CT molecular complexity index is 1090. The van der Waals surface area contributed by atoms with E-state index in [9.17, 15) is 14.9 Å². The lowest BCUT2D eigenvalue weighted by atomic mass is 9.94. The van der Waals surface area contributed by atoms with E-state index >= 15 is 0 Å². The van der Waals surface area contributed by atoms with Crippen LogP contribution in [0, 0.1) is 10.1 Å². The Morgan fingerprint density at radius 3 is 2.69 bits per heavy atom. The first-order valence-electron chi connectivity index (χ1n) is 7.64. The molecule has 8 heteroatoms. The third kappa shape index (κ3) is 3.02. The SMILES string of the molecule is O=c1[nH]c2c(s1)C(c1ccc(Cl)cc1)C=C(c1cccc([N+](=O)[O-])c1)O2. The lowest BCUT2D eigenvalue weighted by molar-refractivity contribution is -0.384. The van der Waals surface area contributed by atoms with Gasteiger partial charge in [0.15, 0.2) is 0 Å². The van der Waals surface area contributed by atoms with Gasteiger partial charge in [-0.2, -0.15) is 0 Å². The largest absolute Gasteiger partial charge is 0.439 e. The summed E-state index contributed by atoms with van der Waals surface area (Å²) in [6.07, 6.45) is 1.86. The molecule has 130 valence electrons.